The van der Waals surface area contributed by atoms with Gasteiger partial charge in [0, 0.05) is 32.7 Å². The Bertz CT molecular complexity index is 506. The topological polar surface area (TPSA) is 52.7 Å². The normalized spacial score (nSPS) is 18.9. The first-order valence-electron chi connectivity index (χ1n) is 6.49. The minimum atomic E-state index is -0.114. The maximum absolute atomic E-state index is 12.2. The summed E-state index contributed by atoms with van der Waals surface area (Å²) in [5.74, 6) is -0.109. The molecular formula is C13H18BrN3O2S. The van der Waals surface area contributed by atoms with Crippen molar-refractivity contribution in [2.75, 3.05) is 33.2 Å². The Hall–Kier alpha value is -0.920. The predicted octanol–water partition coefficient (Wildman–Crippen LogP) is 1.40. The lowest BCUT2D eigenvalue weighted by Gasteiger charge is -2.33. The van der Waals surface area contributed by atoms with E-state index >= 15 is 0 Å². The summed E-state index contributed by atoms with van der Waals surface area (Å²) in [6.07, 6.45) is 0. The third kappa shape index (κ3) is 3.80. The van der Waals surface area contributed by atoms with E-state index in [0.29, 0.717) is 24.0 Å². The van der Waals surface area contributed by atoms with Gasteiger partial charge >= 0.3 is 0 Å². The third-order valence-corrected chi connectivity index (χ3v) is 4.84. The average molecular weight is 360 g/mol. The number of amides is 2. The van der Waals surface area contributed by atoms with Crippen LogP contribution in [0.4, 0.5) is 0 Å². The summed E-state index contributed by atoms with van der Waals surface area (Å²) < 4.78 is 0.913. The highest BCUT2D eigenvalue weighted by molar-refractivity contribution is 9.11. The third-order valence-electron chi connectivity index (χ3n) is 3.22. The predicted molar refractivity (Wildman–Crippen MR) is 83.0 cm³/mol. The molecule has 1 aromatic rings. The van der Waals surface area contributed by atoms with E-state index < -0.39 is 0 Å². The van der Waals surface area contributed by atoms with Gasteiger partial charge in [-0.15, -0.1) is 11.3 Å². The van der Waals surface area contributed by atoms with E-state index in [4.69, 9.17) is 0 Å². The van der Waals surface area contributed by atoms with E-state index in [1.165, 1.54) is 16.2 Å². The molecule has 20 heavy (non-hydrogen) atoms. The van der Waals surface area contributed by atoms with E-state index in [1.54, 1.807) is 13.1 Å². The first kappa shape index (κ1) is 15.5. The number of hydrogen-bond acceptors (Lipinski definition) is 4. The van der Waals surface area contributed by atoms with E-state index in [9.17, 15) is 9.59 Å². The van der Waals surface area contributed by atoms with Crippen LogP contribution in [-0.4, -0.2) is 60.9 Å². The number of halogens is 1. The summed E-state index contributed by atoms with van der Waals surface area (Å²) in [4.78, 5) is 28.3. The highest BCUT2D eigenvalue weighted by Gasteiger charge is 2.23. The number of nitrogens with zero attached hydrogens (tertiary/aromatic N) is 2. The maximum atomic E-state index is 12.2. The number of carbonyl (C=O) groups is 2. The van der Waals surface area contributed by atoms with Crippen molar-refractivity contribution >= 4 is 39.1 Å². The van der Waals surface area contributed by atoms with Crippen molar-refractivity contribution in [3.05, 3.63) is 20.8 Å². The second-order valence-electron chi connectivity index (χ2n) is 4.96. The van der Waals surface area contributed by atoms with Crippen LogP contribution in [-0.2, 0) is 4.79 Å². The molecule has 0 spiro atoms. The standard InChI is InChI=1S/C13H18BrN3O2S/c1-9-7-17(6-5-15-9)12(18)8-16(2)13(19)10-3-4-11(14)20-10/h3-4,9,15H,5-8H2,1-2H3. The SMILES string of the molecule is CC1CN(C(=O)CN(C)C(=O)c2ccc(Br)s2)CCN1. The van der Waals surface area contributed by atoms with Crippen LogP contribution in [0.15, 0.2) is 15.9 Å². The summed E-state index contributed by atoms with van der Waals surface area (Å²) in [5, 5.41) is 3.29. The number of nitrogens with one attached hydrogen (secondary N) is 1. The van der Waals surface area contributed by atoms with Gasteiger partial charge in [-0.3, -0.25) is 9.59 Å². The van der Waals surface area contributed by atoms with Crippen LogP contribution in [0.5, 0.6) is 0 Å². The molecule has 1 atom stereocenters. The van der Waals surface area contributed by atoms with Gasteiger partial charge in [0.25, 0.3) is 5.91 Å². The van der Waals surface area contributed by atoms with Gasteiger partial charge in [0.15, 0.2) is 0 Å². The Morgan fingerprint density at radius 2 is 2.30 bits per heavy atom. The van der Waals surface area contributed by atoms with Gasteiger partial charge in [0.05, 0.1) is 15.2 Å². The Morgan fingerprint density at radius 1 is 1.55 bits per heavy atom. The second kappa shape index (κ2) is 6.69. The largest absolute Gasteiger partial charge is 0.338 e. The minimum Gasteiger partial charge on any atom is -0.338 e. The molecule has 2 heterocycles. The molecule has 1 fully saturated rings. The summed E-state index contributed by atoms with van der Waals surface area (Å²) >= 11 is 4.71. The molecule has 1 unspecified atom stereocenters. The Kier molecular flexibility index (Phi) is 5.17. The number of thiophene rings is 1. The lowest BCUT2D eigenvalue weighted by atomic mass is 10.2. The Labute approximate surface area is 131 Å². The zero-order valence-electron chi connectivity index (χ0n) is 11.6. The lowest BCUT2D eigenvalue weighted by molar-refractivity contribution is -0.132. The smallest absolute Gasteiger partial charge is 0.264 e. The molecule has 0 saturated carbocycles. The zero-order valence-corrected chi connectivity index (χ0v) is 14.0. The Morgan fingerprint density at radius 3 is 2.90 bits per heavy atom. The molecular weight excluding hydrogens is 342 g/mol. The van der Waals surface area contributed by atoms with Gasteiger partial charge in [-0.1, -0.05) is 0 Å². The van der Waals surface area contributed by atoms with E-state index in [2.05, 4.69) is 28.2 Å². The molecule has 1 aliphatic rings. The molecule has 1 aliphatic heterocycles. The van der Waals surface area contributed by atoms with Crippen molar-refractivity contribution in [3.63, 3.8) is 0 Å². The highest BCUT2D eigenvalue weighted by atomic mass is 79.9. The lowest BCUT2D eigenvalue weighted by Crippen LogP contribution is -2.53. The number of carbonyl (C=O) groups excluding carboxylic acids is 2. The van der Waals surface area contributed by atoms with Crippen LogP contribution in [0.25, 0.3) is 0 Å². The van der Waals surface area contributed by atoms with Crippen LogP contribution in [0.1, 0.15) is 16.6 Å². The number of rotatable bonds is 3. The monoisotopic (exact) mass is 359 g/mol. The van der Waals surface area contributed by atoms with Crippen molar-refractivity contribution in [2.45, 2.75) is 13.0 Å². The van der Waals surface area contributed by atoms with Crippen molar-refractivity contribution in [2.24, 2.45) is 0 Å². The van der Waals surface area contributed by atoms with Crippen LogP contribution in [0.2, 0.25) is 0 Å². The van der Waals surface area contributed by atoms with Crippen molar-refractivity contribution < 1.29 is 9.59 Å². The second-order valence-corrected chi connectivity index (χ2v) is 7.42. The van der Waals surface area contributed by atoms with E-state index in [1.807, 2.05) is 11.0 Å². The van der Waals surface area contributed by atoms with Crippen molar-refractivity contribution in [1.82, 2.24) is 15.1 Å². The van der Waals surface area contributed by atoms with Crippen LogP contribution < -0.4 is 5.32 Å². The molecule has 2 amide bonds. The summed E-state index contributed by atoms with van der Waals surface area (Å²) in [6.45, 7) is 4.39. The number of hydrogen-bond donors (Lipinski definition) is 1. The van der Waals surface area contributed by atoms with Crippen LogP contribution >= 0.6 is 27.3 Å². The first-order chi connectivity index (χ1) is 9.47. The molecule has 0 radical (unpaired) electrons. The molecule has 0 bridgehead atoms. The quantitative estimate of drug-likeness (QED) is 0.887. The summed E-state index contributed by atoms with van der Waals surface area (Å²) in [5.41, 5.74) is 0. The molecule has 7 heteroatoms. The number of piperazine rings is 1. The molecule has 2 rings (SSSR count). The van der Waals surface area contributed by atoms with E-state index in [-0.39, 0.29) is 18.4 Å². The van der Waals surface area contributed by atoms with Gasteiger partial charge in [0.1, 0.15) is 0 Å². The molecule has 1 saturated heterocycles. The van der Waals surface area contributed by atoms with Crippen molar-refractivity contribution in [3.8, 4) is 0 Å². The average Bonchev–Trinajstić information content (AvgIpc) is 2.84. The zero-order chi connectivity index (χ0) is 14.7. The Balaban J connectivity index is 1.91. The molecule has 1 N–H and O–H groups in total. The highest BCUT2D eigenvalue weighted by Crippen LogP contribution is 2.23. The fourth-order valence-corrected chi connectivity index (χ4v) is 3.53. The molecule has 1 aromatic heterocycles. The summed E-state index contributed by atoms with van der Waals surface area (Å²) in [7, 11) is 1.67. The molecule has 0 aliphatic carbocycles. The fraction of sp³-hybridized carbons (Fsp3) is 0.538. The molecule has 0 aromatic carbocycles. The van der Waals surface area contributed by atoms with Crippen LogP contribution in [0, 0.1) is 0 Å². The molecule has 5 nitrogen and oxygen atoms in total. The maximum Gasteiger partial charge on any atom is 0.264 e. The summed E-state index contributed by atoms with van der Waals surface area (Å²) in [6, 6.07) is 3.92. The van der Waals surface area contributed by atoms with Gasteiger partial charge in [-0.2, -0.15) is 0 Å². The first-order valence-corrected chi connectivity index (χ1v) is 8.10. The fourth-order valence-electron chi connectivity index (χ4n) is 2.15. The van der Waals surface area contributed by atoms with Gasteiger partial charge in [0.2, 0.25) is 5.91 Å². The van der Waals surface area contributed by atoms with Crippen LogP contribution in [0.3, 0.4) is 0 Å². The van der Waals surface area contributed by atoms with Crippen molar-refractivity contribution in [1.29, 1.82) is 0 Å². The minimum absolute atomic E-state index is 0.00446. The molecule has 110 valence electrons. The van der Waals surface area contributed by atoms with E-state index in [0.717, 1.165) is 10.3 Å². The number of likely N-dealkylation sites (N-methyl/N-ethyl adjacent to an activating group) is 1. The van der Waals surface area contributed by atoms with Gasteiger partial charge in [-0.05, 0) is 35.0 Å². The van der Waals surface area contributed by atoms with Gasteiger partial charge in [-0.25, -0.2) is 0 Å². The van der Waals surface area contributed by atoms with Gasteiger partial charge < -0.3 is 15.1 Å².